The molecule has 0 N–H and O–H groups in total. The lowest BCUT2D eigenvalue weighted by atomic mass is 10.1. The highest BCUT2D eigenvalue weighted by Gasteiger charge is 2.35. The Hall–Kier alpha value is -3.82. The molecule has 1 aliphatic heterocycles. The predicted molar refractivity (Wildman–Crippen MR) is 102 cm³/mol. The van der Waals surface area contributed by atoms with Gasteiger partial charge in [-0.15, -0.1) is 5.10 Å². The van der Waals surface area contributed by atoms with E-state index < -0.39 is 11.2 Å². The number of hydrogen-bond acceptors (Lipinski definition) is 8. The first-order valence-corrected chi connectivity index (χ1v) is 8.49. The van der Waals surface area contributed by atoms with Gasteiger partial charge >= 0.3 is 0 Å². The molecule has 1 amide bonds. The summed E-state index contributed by atoms with van der Waals surface area (Å²) in [6, 6.07) is 9.11. The van der Waals surface area contributed by atoms with Crippen LogP contribution in [0.15, 0.2) is 41.5 Å². The zero-order valence-corrected chi connectivity index (χ0v) is 16.2. The molecule has 2 aromatic rings. The highest BCUT2D eigenvalue weighted by molar-refractivity contribution is 5.96. The maximum atomic E-state index is 12.2. The van der Waals surface area contributed by atoms with Crippen molar-refractivity contribution in [3.63, 3.8) is 0 Å². The fourth-order valence-corrected chi connectivity index (χ4v) is 2.90. The molecule has 1 heterocycles. The number of nitro groups is 1. The molecule has 0 saturated heterocycles. The zero-order valence-electron chi connectivity index (χ0n) is 16.2. The summed E-state index contributed by atoms with van der Waals surface area (Å²) in [7, 11) is 4.44. The summed E-state index contributed by atoms with van der Waals surface area (Å²) in [4.78, 5) is 22.7. The van der Waals surface area contributed by atoms with Crippen molar-refractivity contribution in [3.05, 3.63) is 57.6 Å². The van der Waals surface area contributed by atoms with E-state index in [1.165, 1.54) is 46.5 Å². The van der Waals surface area contributed by atoms with Crippen molar-refractivity contribution in [1.82, 2.24) is 5.01 Å². The first kappa shape index (κ1) is 19.9. The number of rotatable bonds is 6. The number of hydrazone groups is 1. The van der Waals surface area contributed by atoms with Gasteiger partial charge < -0.3 is 18.9 Å². The molecule has 29 heavy (non-hydrogen) atoms. The normalized spacial score (nSPS) is 15.4. The third-order valence-electron chi connectivity index (χ3n) is 4.24. The van der Waals surface area contributed by atoms with Crippen LogP contribution in [0, 0.1) is 10.1 Å². The number of hydrogen-bond donors (Lipinski definition) is 0. The van der Waals surface area contributed by atoms with Gasteiger partial charge in [-0.3, -0.25) is 14.9 Å². The topological polar surface area (TPSA) is 113 Å². The van der Waals surface area contributed by atoms with Crippen LogP contribution in [0.5, 0.6) is 17.2 Å². The summed E-state index contributed by atoms with van der Waals surface area (Å²) < 4.78 is 21.9. The maximum absolute atomic E-state index is 12.2. The number of nitrogens with zero attached hydrogens (tertiary/aromatic N) is 3. The molecule has 0 aliphatic carbocycles. The Balaban J connectivity index is 2.03. The molecule has 1 atom stereocenters. The van der Waals surface area contributed by atoms with E-state index >= 15 is 0 Å². The van der Waals surface area contributed by atoms with Gasteiger partial charge in [0.2, 0.25) is 23.8 Å². The van der Waals surface area contributed by atoms with Crippen molar-refractivity contribution in [2.45, 2.75) is 13.2 Å². The predicted octanol–water partition coefficient (Wildman–Crippen LogP) is 2.86. The van der Waals surface area contributed by atoms with Crippen LogP contribution < -0.4 is 14.2 Å². The monoisotopic (exact) mass is 401 g/mol. The summed E-state index contributed by atoms with van der Waals surface area (Å²) in [6.45, 7) is 1.34. The van der Waals surface area contributed by atoms with Gasteiger partial charge in [-0.05, 0) is 18.2 Å². The molecule has 1 unspecified atom stereocenters. The van der Waals surface area contributed by atoms with Gasteiger partial charge in [0.05, 0.1) is 26.3 Å². The molecule has 0 bridgehead atoms. The van der Waals surface area contributed by atoms with E-state index in [0.717, 1.165) is 5.01 Å². The van der Waals surface area contributed by atoms with E-state index in [2.05, 4.69) is 5.10 Å². The Morgan fingerprint density at radius 2 is 1.79 bits per heavy atom. The van der Waals surface area contributed by atoms with E-state index in [-0.39, 0.29) is 17.5 Å². The molecule has 1 aliphatic rings. The second kappa shape index (κ2) is 8.05. The number of carbonyl (C=O) groups is 1. The highest BCUT2D eigenvalue weighted by Crippen LogP contribution is 2.42. The van der Waals surface area contributed by atoms with Gasteiger partial charge in [-0.1, -0.05) is 6.07 Å². The standard InChI is InChI=1S/C19H19N3O7/c1-11(23)21-19(13-9-15(26-2)17(28-4)16(10-13)27-3)29-18(20-21)12-6-5-7-14(8-12)22(24)25/h5-10,19H,1-4H3. The molecule has 3 rings (SSSR count). The number of amides is 1. The average Bonchev–Trinajstić information content (AvgIpc) is 3.18. The van der Waals surface area contributed by atoms with Crippen LogP contribution in [0.2, 0.25) is 0 Å². The van der Waals surface area contributed by atoms with Gasteiger partial charge in [-0.2, -0.15) is 5.01 Å². The van der Waals surface area contributed by atoms with Crippen molar-refractivity contribution in [3.8, 4) is 17.2 Å². The Kier molecular flexibility index (Phi) is 5.53. The van der Waals surface area contributed by atoms with Crippen LogP contribution in [0.4, 0.5) is 5.69 Å². The SMILES string of the molecule is COc1cc(C2OC(c3cccc([N+](=O)[O-])c3)=NN2C(C)=O)cc(OC)c1OC. The maximum Gasteiger partial charge on any atom is 0.270 e. The Morgan fingerprint density at radius 3 is 2.31 bits per heavy atom. The quantitative estimate of drug-likeness (QED) is 0.540. The molecule has 10 nitrogen and oxygen atoms in total. The van der Waals surface area contributed by atoms with E-state index in [1.807, 2.05) is 0 Å². The van der Waals surface area contributed by atoms with Crippen LogP contribution in [-0.4, -0.2) is 43.1 Å². The van der Waals surface area contributed by atoms with E-state index in [4.69, 9.17) is 18.9 Å². The van der Waals surface area contributed by atoms with E-state index in [1.54, 1.807) is 18.2 Å². The van der Waals surface area contributed by atoms with Crippen LogP contribution in [0.1, 0.15) is 24.3 Å². The molecule has 0 radical (unpaired) electrons. The summed E-state index contributed by atoms with van der Waals surface area (Å²) >= 11 is 0. The summed E-state index contributed by atoms with van der Waals surface area (Å²) in [5.74, 6) is 0.883. The summed E-state index contributed by atoms with van der Waals surface area (Å²) in [5, 5.41) is 16.4. The molecular formula is C19H19N3O7. The van der Waals surface area contributed by atoms with Crippen LogP contribution in [0.3, 0.4) is 0 Å². The summed E-state index contributed by atoms with van der Waals surface area (Å²) in [5.41, 5.74) is 0.790. The third kappa shape index (κ3) is 3.77. The molecule has 0 spiro atoms. The smallest absolute Gasteiger partial charge is 0.270 e. The Labute approximate surface area is 166 Å². The highest BCUT2D eigenvalue weighted by atomic mass is 16.6. The minimum Gasteiger partial charge on any atom is -0.493 e. The van der Waals surface area contributed by atoms with Gasteiger partial charge in [0.1, 0.15) is 0 Å². The average molecular weight is 401 g/mol. The van der Waals surface area contributed by atoms with Crippen molar-refractivity contribution < 1.29 is 28.7 Å². The van der Waals surface area contributed by atoms with Crippen molar-refractivity contribution in [2.24, 2.45) is 5.10 Å². The zero-order chi connectivity index (χ0) is 21.1. The van der Waals surface area contributed by atoms with Crippen molar-refractivity contribution in [2.75, 3.05) is 21.3 Å². The number of ether oxygens (including phenoxy) is 4. The Morgan fingerprint density at radius 1 is 1.14 bits per heavy atom. The largest absolute Gasteiger partial charge is 0.493 e. The van der Waals surface area contributed by atoms with Gasteiger partial charge in [-0.25, -0.2) is 0 Å². The molecular weight excluding hydrogens is 382 g/mol. The second-order valence-electron chi connectivity index (χ2n) is 6.01. The minimum atomic E-state index is -0.907. The first-order chi connectivity index (χ1) is 13.9. The van der Waals surface area contributed by atoms with Crippen molar-refractivity contribution in [1.29, 1.82) is 0 Å². The van der Waals surface area contributed by atoms with Crippen LogP contribution in [-0.2, 0) is 9.53 Å². The number of nitro benzene ring substituents is 1. The number of benzene rings is 2. The molecule has 10 heteroatoms. The molecule has 0 aromatic heterocycles. The van der Waals surface area contributed by atoms with Gasteiger partial charge in [0, 0.05) is 30.2 Å². The molecule has 0 saturated carbocycles. The van der Waals surface area contributed by atoms with Gasteiger partial charge in [0.25, 0.3) is 5.69 Å². The summed E-state index contributed by atoms with van der Waals surface area (Å²) in [6.07, 6.45) is -0.907. The fourth-order valence-electron chi connectivity index (χ4n) is 2.90. The lowest BCUT2D eigenvalue weighted by Gasteiger charge is -2.21. The third-order valence-corrected chi connectivity index (χ3v) is 4.24. The van der Waals surface area contributed by atoms with E-state index in [9.17, 15) is 14.9 Å². The fraction of sp³-hybridized carbons (Fsp3) is 0.263. The minimum absolute atomic E-state index is 0.0858. The molecule has 0 fully saturated rings. The number of methoxy groups -OCH3 is 3. The van der Waals surface area contributed by atoms with Crippen molar-refractivity contribution >= 4 is 17.5 Å². The number of carbonyl (C=O) groups excluding carboxylic acids is 1. The lowest BCUT2D eigenvalue weighted by molar-refractivity contribution is -0.384. The molecule has 152 valence electrons. The molecule has 2 aromatic carbocycles. The van der Waals surface area contributed by atoms with Crippen LogP contribution >= 0.6 is 0 Å². The first-order valence-electron chi connectivity index (χ1n) is 8.49. The van der Waals surface area contributed by atoms with Crippen LogP contribution in [0.25, 0.3) is 0 Å². The number of non-ortho nitro benzene ring substituents is 1. The second-order valence-corrected chi connectivity index (χ2v) is 6.01. The van der Waals surface area contributed by atoms with Gasteiger partial charge in [0.15, 0.2) is 11.5 Å². The lowest BCUT2D eigenvalue weighted by Crippen LogP contribution is -2.25. The van der Waals surface area contributed by atoms with E-state index in [0.29, 0.717) is 28.4 Å². The Bertz CT molecular complexity index is 965.